The first-order chi connectivity index (χ1) is 8.38. The Kier molecular flexibility index (Phi) is 4.72. The minimum absolute atomic E-state index is 0.0668. The van der Waals surface area contributed by atoms with E-state index >= 15 is 0 Å². The summed E-state index contributed by atoms with van der Waals surface area (Å²) in [6.07, 6.45) is 1.38. The van der Waals surface area contributed by atoms with Crippen LogP contribution in [0.2, 0.25) is 0 Å². The maximum atomic E-state index is 11.9. The van der Waals surface area contributed by atoms with Crippen molar-refractivity contribution in [2.75, 3.05) is 17.1 Å². The van der Waals surface area contributed by atoms with Gasteiger partial charge in [-0.15, -0.1) is 0 Å². The summed E-state index contributed by atoms with van der Waals surface area (Å²) in [7, 11) is -1.94. The SMILES string of the molecule is CCCCS(=O)(=O)N(C)c1cccc(C(=O)O)c1. The van der Waals surface area contributed by atoms with Gasteiger partial charge in [0.05, 0.1) is 17.0 Å². The van der Waals surface area contributed by atoms with Crippen LogP contribution in [-0.4, -0.2) is 32.3 Å². The maximum Gasteiger partial charge on any atom is 0.335 e. The number of sulfonamides is 1. The van der Waals surface area contributed by atoms with Gasteiger partial charge in [0, 0.05) is 7.05 Å². The third-order valence-electron chi connectivity index (χ3n) is 2.63. The summed E-state index contributed by atoms with van der Waals surface area (Å²) < 4.78 is 25.0. The molecule has 1 N–H and O–H groups in total. The number of unbranched alkanes of at least 4 members (excludes halogenated alkanes) is 1. The Hall–Kier alpha value is -1.56. The van der Waals surface area contributed by atoms with Gasteiger partial charge in [-0.2, -0.15) is 0 Å². The van der Waals surface area contributed by atoms with E-state index in [-0.39, 0.29) is 11.3 Å². The molecule has 0 fully saturated rings. The van der Waals surface area contributed by atoms with Crippen LogP contribution < -0.4 is 4.31 Å². The molecular weight excluding hydrogens is 254 g/mol. The summed E-state index contributed by atoms with van der Waals surface area (Å²) >= 11 is 0. The summed E-state index contributed by atoms with van der Waals surface area (Å²) in [4.78, 5) is 10.8. The van der Waals surface area contributed by atoms with Gasteiger partial charge < -0.3 is 5.11 Å². The molecule has 0 heterocycles. The fraction of sp³-hybridized carbons (Fsp3) is 0.417. The lowest BCUT2D eigenvalue weighted by molar-refractivity contribution is 0.0697. The second kappa shape index (κ2) is 5.86. The van der Waals surface area contributed by atoms with Gasteiger partial charge in [-0.3, -0.25) is 4.31 Å². The standard InChI is InChI=1S/C12H17NO4S/c1-3-4-8-18(16,17)13(2)11-7-5-6-10(9-11)12(14)15/h5-7,9H,3-4,8H2,1-2H3,(H,14,15). The largest absolute Gasteiger partial charge is 0.478 e. The van der Waals surface area contributed by atoms with Gasteiger partial charge in [0.25, 0.3) is 0 Å². The van der Waals surface area contributed by atoms with Crippen LogP contribution in [0.3, 0.4) is 0 Å². The van der Waals surface area contributed by atoms with Gasteiger partial charge in [-0.05, 0) is 24.6 Å². The highest BCUT2D eigenvalue weighted by Crippen LogP contribution is 2.18. The average Bonchev–Trinajstić information content (AvgIpc) is 2.35. The Morgan fingerprint density at radius 3 is 2.61 bits per heavy atom. The molecule has 0 spiro atoms. The van der Waals surface area contributed by atoms with E-state index in [0.717, 1.165) is 10.7 Å². The molecule has 5 nitrogen and oxygen atoms in total. The van der Waals surface area contributed by atoms with Crippen molar-refractivity contribution in [3.05, 3.63) is 29.8 Å². The zero-order valence-corrected chi connectivity index (χ0v) is 11.3. The van der Waals surface area contributed by atoms with E-state index < -0.39 is 16.0 Å². The molecule has 0 bridgehead atoms. The van der Waals surface area contributed by atoms with Gasteiger partial charge in [-0.25, -0.2) is 13.2 Å². The lowest BCUT2D eigenvalue weighted by atomic mass is 10.2. The number of carbonyl (C=O) groups is 1. The van der Waals surface area contributed by atoms with Crippen molar-refractivity contribution >= 4 is 21.7 Å². The molecule has 0 aliphatic rings. The minimum atomic E-state index is -3.38. The van der Waals surface area contributed by atoms with Gasteiger partial charge >= 0.3 is 5.97 Å². The summed E-state index contributed by atoms with van der Waals surface area (Å²) in [5.41, 5.74) is 0.441. The zero-order chi connectivity index (χ0) is 13.8. The van der Waals surface area contributed by atoms with Crippen LogP contribution in [-0.2, 0) is 10.0 Å². The molecule has 1 aromatic carbocycles. The summed E-state index contributed by atoms with van der Waals surface area (Å²) in [5, 5.41) is 8.87. The maximum absolute atomic E-state index is 11.9. The first-order valence-corrected chi connectivity index (χ1v) is 7.29. The minimum Gasteiger partial charge on any atom is -0.478 e. The monoisotopic (exact) mass is 271 g/mol. The van der Waals surface area contributed by atoms with E-state index in [1.54, 1.807) is 6.07 Å². The van der Waals surface area contributed by atoms with Crippen molar-refractivity contribution in [3.8, 4) is 0 Å². The highest BCUT2D eigenvalue weighted by atomic mass is 32.2. The average molecular weight is 271 g/mol. The normalized spacial score (nSPS) is 11.2. The molecular formula is C12H17NO4S. The molecule has 0 unspecified atom stereocenters. The lowest BCUT2D eigenvalue weighted by Gasteiger charge is -2.19. The van der Waals surface area contributed by atoms with E-state index in [9.17, 15) is 13.2 Å². The smallest absolute Gasteiger partial charge is 0.335 e. The van der Waals surface area contributed by atoms with Crippen LogP contribution >= 0.6 is 0 Å². The second-order valence-electron chi connectivity index (χ2n) is 3.99. The van der Waals surface area contributed by atoms with Crippen molar-refractivity contribution in [1.29, 1.82) is 0 Å². The molecule has 0 saturated carbocycles. The number of rotatable bonds is 6. The summed E-state index contributed by atoms with van der Waals surface area (Å²) in [5.74, 6) is -1.01. The molecule has 1 aromatic rings. The van der Waals surface area contributed by atoms with E-state index in [4.69, 9.17) is 5.11 Å². The van der Waals surface area contributed by atoms with Crippen LogP contribution in [0, 0.1) is 0 Å². The molecule has 0 aromatic heterocycles. The predicted octanol–water partition coefficient (Wildman–Crippen LogP) is 1.95. The fourth-order valence-electron chi connectivity index (χ4n) is 1.46. The molecule has 0 atom stereocenters. The molecule has 1 rings (SSSR count). The Morgan fingerprint density at radius 2 is 2.06 bits per heavy atom. The number of aromatic carboxylic acids is 1. The van der Waals surface area contributed by atoms with Crippen LogP contribution in [0.25, 0.3) is 0 Å². The number of hydrogen-bond donors (Lipinski definition) is 1. The van der Waals surface area contributed by atoms with Crippen molar-refractivity contribution in [3.63, 3.8) is 0 Å². The molecule has 18 heavy (non-hydrogen) atoms. The molecule has 0 aliphatic heterocycles. The van der Waals surface area contributed by atoms with Gasteiger partial charge in [0.2, 0.25) is 10.0 Å². The lowest BCUT2D eigenvalue weighted by Crippen LogP contribution is -2.29. The number of benzene rings is 1. The first kappa shape index (κ1) is 14.5. The Balaban J connectivity index is 3.00. The Bertz CT molecular complexity index is 525. The van der Waals surface area contributed by atoms with Gasteiger partial charge in [-0.1, -0.05) is 19.4 Å². The van der Waals surface area contributed by atoms with Gasteiger partial charge in [0.1, 0.15) is 0 Å². The molecule has 0 saturated heterocycles. The van der Waals surface area contributed by atoms with Gasteiger partial charge in [0.15, 0.2) is 0 Å². The number of anilines is 1. The predicted molar refractivity (Wildman–Crippen MR) is 70.5 cm³/mol. The molecule has 100 valence electrons. The quantitative estimate of drug-likeness (QED) is 0.858. The topological polar surface area (TPSA) is 74.7 Å². The third-order valence-corrected chi connectivity index (χ3v) is 4.48. The number of hydrogen-bond acceptors (Lipinski definition) is 3. The highest BCUT2D eigenvalue weighted by Gasteiger charge is 2.18. The third kappa shape index (κ3) is 3.46. The van der Waals surface area contributed by atoms with Crippen molar-refractivity contribution in [1.82, 2.24) is 0 Å². The summed E-state index contributed by atoms with van der Waals surface area (Å²) in [6, 6.07) is 5.89. The van der Waals surface area contributed by atoms with Crippen molar-refractivity contribution < 1.29 is 18.3 Å². The van der Waals surface area contributed by atoms with E-state index in [2.05, 4.69) is 0 Å². The van der Waals surface area contributed by atoms with Crippen LogP contribution in [0.15, 0.2) is 24.3 Å². The molecule has 6 heteroatoms. The highest BCUT2D eigenvalue weighted by molar-refractivity contribution is 7.92. The number of carboxylic acid groups (broad SMARTS) is 1. The van der Waals surface area contributed by atoms with Crippen LogP contribution in [0.5, 0.6) is 0 Å². The zero-order valence-electron chi connectivity index (χ0n) is 10.5. The first-order valence-electron chi connectivity index (χ1n) is 5.68. The summed E-state index contributed by atoms with van der Waals surface area (Å²) in [6.45, 7) is 1.92. The Morgan fingerprint density at radius 1 is 1.39 bits per heavy atom. The van der Waals surface area contributed by atoms with Crippen molar-refractivity contribution in [2.24, 2.45) is 0 Å². The molecule has 0 amide bonds. The molecule has 0 radical (unpaired) electrons. The molecule has 0 aliphatic carbocycles. The van der Waals surface area contributed by atoms with E-state index in [1.165, 1.54) is 25.2 Å². The van der Waals surface area contributed by atoms with E-state index in [0.29, 0.717) is 12.1 Å². The Labute approximate surface area is 107 Å². The second-order valence-corrected chi connectivity index (χ2v) is 6.11. The van der Waals surface area contributed by atoms with E-state index in [1.807, 2.05) is 6.92 Å². The van der Waals surface area contributed by atoms with Crippen LogP contribution in [0.4, 0.5) is 5.69 Å². The van der Waals surface area contributed by atoms with Crippen molar-refractivity contribution in [2.45, 2.75) is 19.8 Å². The number of carboxylic acids is 1. The fourth-order valence-corrected chi connectivity index (χ4v) is 2.82. The van der Waals surface area contributed by atoms with Crippen LogP contribution in [0.1, 0.15) is 30.1 Å². The number of nitrogens with zero attached hydrogens (tertiary/aromatic N) is 1.